The Morgan fingerprint density at radius 1 is 1.41 bits per heavy atom. The first-order valence-corrected chi connectivity index (χ1v) is 8.14. The molecule has 1 rings (SSSR count). The summed E-state index contributed by atoms with van der Waals surface area (Å²) in [5.41, 5.74) is -1.11. The van der Waals surface area contributed by atoms with E-state index >= 15 is 0 Å². The minimum atomic E-state index is -1.16. The highest BCUT2D eigenvalue weighted by atomic mass is 35.5. The van der Waals surface area contributed by atoms with Crippen LogP contribution in [-0.4, -0.2) is 47.1 Å². The fraction of sp³-hybridized carbons (Fsp3) is 0.750. The first kappa shape index (κ1) is 18.8. The Bertz CT molecular complexity index is 444. The normalized spacial score (nSPS) is 21.9. The van der Waals surface area contributed by atoms with E-state index in [9.17, 15) is 9.59 Å². The summed E-state index contributed by atoms with van der Waals surface area (Å²) in [7, 11) is 0. The molecule has 1 saturated heterocycles. The van der Waals surface area contributed by atoms with Gasteiger partial charge in [0.15, 0.2) is 5.54 Å². The highest BCUT2D eigenvalue weighted by molar-refractivity contribution is 6.17. The van der Waals surface area contributed by atoms with Crippen molar-refractivity contribution in [2.24, 2.45) is 0 Å². The third-order valence-electron chi connectivity index (χ3n) is 3.58. The number of halogens is 1. The molecule has 6 heteroatoms. The van der Waals surface area contributed by atoms with Crippen LogP contribution < -0.4 is 0 Å². The summed E-state index contributed by atoms with van der Waals surface area (Å²) in [6.45, 7) is 11.8. The molecule has 0 aliphatic carbocycles. The number of carbonyl (C=O) groups excluding carboxylic acids is 2. The van der Waals surface area contributed by atoms with E-state index in [1.54, 1.807) is 27.7 Å². The van der Waals surface area contributed by atoms with Crippen molar-refractivity contribution < 1.29 is 19.1 Å². The predicted octanol–water partition coefficient (Wildman–Crippen LogP) is 3.50. The number of esters is 1. The van der Waals surface area contributed by atoms with Crippen LogP contribution >= 0.6 is 11.6 Å². The van der Waals surface area contributed by atoms with Gasteiger partial charge in [0.05, 0.1) is 6.61 Å². The van der Waals surface area contributed by atoms with E-state index in [0.717, 1.165) is 0 Å². The average Bonchev–Trinajstić information content (AvgIpc) is 2.73. The highest BCUT2D eigenvalue weighted by Crippen LogP contribution is 2.39. The zero-order chi connectivity index (χ0) is 17.0. The number of hydrogen-bond acceptors (Lipinski definition) is 4. The van der Waals surface area contributed by atoms with Gasteiger partial charge in [0, 0.05) is 12.4 Å². The van der Waals surface area contributed by atoms with Crippen molar-refractivity contribution in [2.45, 2.75) is 58.1 Å². The number of likely N-dealkylation sites (tertiary alicyclic amines) is 1. The quantitative estimate of drug-likeness (QED) is 0.439. The van der Waals surface area contributed by atoms with E-state index in [1.807, 2.05) is 0 Å². The lowest BCUT2D eigenvalue weighted by Crippen LogP contribution is -2.55. The van der Waals surface area contributed by atoms with Crippen LogP contribution in [0.5, 0.6) is 0 Å². The van der Waals surface area contributed by atoms with Crippen molar-refractivity contribution in [2.75, 3.05) is 19.0 Å². The monoisotopic (exact) mass is 331 g/mol. The molecule has 0 N–H and O–H groups in total. The predicted molar refractivity (Wildman–Crippen MR) is 86.0 cm³/mol. The molecule has 1 aliphatic heterocycles. The summed E-state index contributed by atoms with van der Waals surface area (Å²) in [6.07, 6.45) is 1.01. The maximum Gasteiger partial charge on any atom is 0.411 e. The molecule has 1 amide bonds. The summed E-state index contributed by atoms with van der Waals surface area (Å²) in [5, 5.41) is 0. The third kappa shape index (κ3) is 3.94. The minimum Gasteiger partial charge on any atom is -0.464 e. The first-order chi connectivity index (χ1) is 10.2. The second kappa shape index (κ2) is 7.36. The molecule has 22 heavy (non-hydrogen) atoms. The second-order valence-electron chi connectivity index (χ2n) is 6.36. The third-order valence-corrected chi connectivity index (χ3v) is 3.85. The zero-order valence-corrected chi connectivity index (χ0v) is 14.7. The lowest BCUT2D eigenvalue weighted by Gasteiger charge is -2.37. The Hall–Kier alpha value is -1.23. The van der Waals surface area contributed by atoms with Gasteiger partial charge >= 0.3 is 12.1 Å². The molecule has 1 unspecified atom stereocenters. The molecule has 0 spiro atoms. The van der Waals surface area contributed by atoms with Gasteiger partial charge < -0.3 is 9.47 Å². The molecule has 1 heterocycles. The van der Waals surface area contributed by atoms with Crippen LogP contribution in [-0.2, 0) is 14.3 Å². The Kier molecular flexibility index (Phi) is 6.29. The number of carbonyl (C=O) groups is 2. The zero-order valence-electron chi connectivity index (χ0n) is 13.9. The van der Waals surface area contributed by atoms with Gasteiger partial charge in [-0.15, -0.1) is 11.6 Å². The number of hydrogen-bond donors (Lipinski definition) is 0. The highest BCUT2D eigenvalue weighted by Gasteiger charge is 2.54. The molecule has 1 aliphatic rings. The molecule has 0 radical (unpaired) electrons. The topological polar surface area (TPSA) is 55.8 Å². The smallest absolute Gasteiger partial charge is 0.411 e. The van der Waals surface area contributed by atoms with Crippen LogP contribution in [0.2, 0.25) is 0 Å². The summed E-state index contributed by atoms with van der Waals surface area (Å²) in [4.78, 5) is 26.6. The second-order valence-corrected chi connectivity index (χ2v) is 6.74. The van der Waals surface area contributed by atoms with Gasteiger partial charge in [-0.2, -0.15) is 0 Å². The fourth-order valence-electron chi connectivity index (χ4n) is 2.64. The van der Waals surface area contributed by atoms with Gasteiger partial charge in [0.2, 0.25) is 0 Å². The fourth-order valence-corrected chi connectivity index (χ4v) is 2.77. The van der Waals surface area contributed by atoms with Crippen LogP contribution in [0.3, 0.4) is 0 Å². The summed E-state index contributed by atoms with van der Waals surface area (Å²) in [5.74, 6) is -0.0511. The maximum absolute atomic E-state index is 12.6. The Labute approximate surface area is 137 Å². The molecule has 1 atom stereocenters. The molecule has 126 valence electrons. The Morgan fingerprint density at radius 2 is 2.05 bits per heavy atom. The molecule has 0 bridgehead atoms. The molecule has 0 aromatic carbocycles. The lowest BCUT2D eigenvalue weighted by atomic mass is 9.87. The van der Waals surface area contributed by atoms with E-state index in [-0.39, 0.29) is 6.61 Å². The number of alkyl halides is 1. The van der Waals surface area contributed by atoms with Crippen LogP contribution in [0.25, 0.3) is 0 Å². The van der Waals surface area contributed by atoms with E-state index in [2.05, 4.69) is 6.58 Å². The summed E-state index contributed by atoms with van der Waals surface area (Å²) < 4.78 is 10.7. The van der Waals surface area contributed by atoms with Gasteiger partial charge in [0.1, 0.15) is 5.60 Å². The van der Waals surface area contributed by atoms with Crippen molar-refractivity contribution in [3.05, 3.63) is 12.2 Å². The molecule has 0 aromatic heterocycles. The van der Waals surface area contributed by atoms with E-state index in [1.165, 1.54) is 4.90 Å². The number of rotatable bonds is 5. The van der Waals surface area contributed by atoms with Crippen LogP contribution in [0.15, 0.2) is 12.2 Å². The first-order valence-electron chi connectivity index (χ1n) is 7.61. The molecule has 0 aromatic rings. The van der Waals surface area contributed by atoms with Gasteiger partial charge in [-0.1, -0.05) is 6.58 Å². The van der Waals surface area contributed by atoms with Crippen molar-refractivity contribution in [1.29, 1.82) is 0 Å². The Balaban J connectivity index is 3.14. The summed E-state index contributed by atoms with van der Waals surface area (Å²) in [6, 6.07) is 0. The average molecular weight is 332 g/mol. The number of amides is 1. The standard InChI is InChI=1S/C16H26ClNO4/c1-6-21-13(19)16(9-7-10-17)12(2)8-11-18(16)14(20)22-15(3,4)5/h2,6-11H2,1,3-5H3. The van der Waals surface area contributed by atoms with Gasteiger partial charge in [-0.3, -0.25) is 4.90 Å². The maximum atomic E-state index is 12.6. The minimum absolute atomic E-state index is 0.247. The van der Waals surface area contributed by atoms with Crippen LogP contribution in [0.1, 0.15) is 47.0 Å². The molecule has 5 nitrogen and oxygen atoms in total. The number of nitrogens with zero attached hydrogens (tertiary/aromatic N) is 1. The van der Waals surface area contributed by atoms with E-state index in [0.29, 0.717) is 37.3 Å². The molecular weight excluding hydrogens is 306 g/mol. The molecule has 1 fully saturated rings. The van der Waals surface area contributed by atoms with Crippen LogP contribution in [0.4, 0.5) is 4.79 Å². The van der Waals surface area contributed by atoms with E-state index in [4.69, 9.17) is 21.1 Å². The van der Waals surface area contributed by atoms with Crippen LogP contribution in [0, 0.1) is 0 Å². The van der Waals surface area contributed by atoms with Crippen molar-refractivity contribution in [3.63, 3.8) is 0 Å². The van der Waals surface area contributed by atoms with Gasteiger partial charge in [-0.25, -0.2) is 9.59 Å². The SMILES string of the molecule is C=C1CCN(C(=O)OC(C)(C)C)C1(CCCCl)C(=O)OCC. The molecular formula is C16H26ClNO4. The van der Waals surface area contributed by atoms with Gasteiger partial charge in [-0.05, 0) is 52.5 Å². The largest absolute Gasteiger partial charge is 0.464 e. The molecule has 0 saturated carbocycles. The van der Waals surface area contributed by atoms with Crippen molar-refractivity contribution in [1.82, 2.24) is 4.90 Å². The number of ether oxygens (including phenoxy) is 2. The summed E-state index contributed by atoms with van der Waals surface area (Å²) >= 11 is 5.79. The van der Waals surface area contributed by atoms with Crippen molar-refractivity contribution >= 4 is 23.7 Å². The van der Waals surface area contributed by atoms with Crippen molar-refractivity contribution in [3.8, 4) is 0 Å². The lowest BCUT2D eigenvalue weighted by molar-refractivity contribution is -0.154. The van der Waals surface area contributed by atoms with Gasteiger partial charge in [0.25, 0.3) is 0 Å². The Morgan fingerprint density at radius 3 is 2.55 bits per heavy atom. The van der Waals surface area contributed by atoms with E-state index < -0.39 is 23.2 Å².